The number of benzene rings is 6. The average molecular weight is 1320 g/mol. The number of hydrogen-bond donors (Lipinski definition) is 6. The monoisotopic (exact) mass is 1320 g/mol. The third-order valence-corrected chi connectivity index (χ3v) is 23.2. The van der Waals surface area contributed by atoms with Gasteiger partial charge in [0.2, 0.25) is 0 Å². The molecule has 4 amide bonds. The molecule has 0 aliphatic heterocycles. The fraction of sp³-hybridized carbons (Fsp3) is 0. The number of anilines is 2. The average Bonchev–Trinajstić information content (AvgIpc) is 3.96. The molecule has 8 rings (SSSR count). The standard InChI is InChI=1S/2C21H19N6OPSTe.Au/c2*28-20(23-16-8-7-9-17(14-16)27-15-22-25-21(27)30)24-26-29(31,18-10-3-1-4-11-18)19-12-5-2-6-13-19;/h2*1-15H,(H,25,30)(H,26,31)(H2,23,24,28);/p-2. The minimum Gasteiger partial charge on any atom is 0 e. The quantitative estimate of drug-likeness (QED) is 0.0428. The van der Waals surface area contributed by atoms with E-state index in [1.165, 1.54) is 0 Å². The van der Waals surface area contributed by atoms with Gasteiger partial charge in [-0.25, -0.2) is 0 Å². The summed E-state index contributed by atoms with van der Waals surface area (Å²) in [4.78, 5) is 25.3. The molecule has 0 fully saturated rings. The van der Waals surface area contributed by atoms with E-state index in [2.05, 4.69) is 101 Å². The molecule has 2 heterocycles. The van der Waals surface area contributed by atoms with Gasteiger partial charge >= 0.3 is 397 Å². The maximum absolute atomic E-state index is 12.7. The van der Waals surface area contributed by atoms with Gasteiger partial charge in [-0.1, -0.05) is 0 Å². The largest absolute Gasteiger partial charge is 0 e. The summed E-state index contributed by atoms with van der Waals surface area (Å²) >= 11 is 14.4. The van der Waals surface area contributed by atoms with Crippen molar-refractivity contribution in [2.24, 2.45) is 0 Å². The van der Waals surface area contributed by atoms with Crippen LogP contribution in [0.25, 0.3) is 11.4 Å². The number of hydrazine groups is 2. The Kier molecular flexibility index (Phi) is 17.6. The molecule has 0 saturated heterocycles. The van der Waals surface area contributed by atoms with E-state index in [-0.39, 0.29) is 34.4 Å². The van der Waals surface area contributed by atoms with Crippen molar-refractivity contribution in [2.45, 2.75) is 10.3 Å². The van der Waals surface area contributed by atoms with Gasteiger partial charge in [-0.15, -0.1) is 0 Å². The van der Waals surface area contributed by atoms with Gasteiger partial charge in [-0.05, 0) is 0 Å². The van der Waals surface area contributed by atoms with Crippen LogP contribution in [-0.2, 0) is 47.6 Å². The molecule has 0 saturated carbocycles. The summed E-state index contributed by atoms with van der Waals surface area (Å²) in [5.41, 5.74) is 8.46. The van der Waals surface area contributed by atoms with Crippen molar-refractivity contribution in [1.82, 2.24) is 50.8 Å². The summed E-state index contributed by atoms with van der Waals surface area (Å²) in [5.74, 6) is 0. The Labute approximate surface area is 415 Å². The summed E-state index contributed by atoms with van der Waals surface area (Å²) in [6.45, 7) is 0. The fourth-order valence-corrected chi connectivity index (χ4v) is 15.3. The maximum atomic E-state index is 12.7. The van der Waals surface area contributed by atoms with E-state index < -0.39 is 9.28 Å². The van der Waals surface area contributed by atoms with E-state index in [0.29, 0.717) is 21.7 Å². The minimum atomic E-state index is -2.03. The number of rotatable bonds is 12. The van der Waals surface area contributed by atoms with Crippen molar-refractivity contribution >= 4 is 122 Å². The first-order valence-electron chi connectivity index (χ1n) is 18.6. The van der Waals surface area contributed by atoms with Gasteiger partial charge in [-0.3, -0.25) is 0 Å². The van der Waals surface area contributed by atoms with E-state index in [0.717, 1.165) is 32.6 Å². The van der Waals surface area contributed by atoms with Crippen molar-refractivity contribution in [3.05, 3.63) is 183 Å². The van der Waals surface area contributed by atoms with E-state index in [1.54, 1.807) is 33.9 Å². The predicted octanol–water partition coefficient (Wildman–Crippen LogP) is 4.93. The Bertz CT molecular complexity index is 2580. The third kappa shape index (κ3) is 12.5. The van der Waals surface area contributed by atoms with Crippen LogP contribution in [0.15, 0.2) is 193 Å². The van der Waals surface area contributed by atoms with Crippen LogP contribution in [0.5, 0.6) is 0 Å². The zero-order valence-corrected chi connectivity index (χ0v) is 42.9. The van der Waals surface area contributed by atoms with Crippen LogP contribution in [0, 0.1) is 0 Å². The SMILES string of the molecule is O=C(NNP(=[Te])(c1ccccc1)c1ccccc1)Nc1cccc(-n2cnnc2[S-])c1.O=C(NNP(=[Te])(c1ccccc1)c1ccccc1)Nc1cccc(-n2cnnc2[S-])c1.[Au]. The van der Waals surface area contributed by atoms with E-state index >= 15 is 0 Å². The number of carbonyl (C=O) groups excluding carboxylic acids is 2. The smallest absolute Gasteiger partial charge is 0 e. The number of nitrogens with zero attached hydrogens (tertiary/aromatic N) is 6. The number of urea groups is 2. The molecule has 6 N–H and O–H groups in total. The number of amides is 4. The molecule has 8 aromatic rings. The van der Waals surface area contributed by atoms with Crippen molar-refractivity contribution in [2.75, 3.05) is 10.6 Å². The summed E-state index contributed by atoms with van der Waals surface area (Å²) in [5, 5.41) is 32.9. The van der Waals surface area contributed by atoms with Crippen LogP contribution in [0.1, 0.15) is 0 Å². The van der Waals surface area contributed by atoms with Gasteiger partial charge in [0.1, 0.15) is 0 Å². The molecule has 0 unspecified atom stereocenters. The number of aromatic nitrogens is 6. The van der Waals surface area contributed by atoms with Crippen LogP contribution in [0.4, 0.5) is 21.0 Å². The van der Waals surface area contributed by atoms with Crippen molar-refractivity contribution in [3.63, 3.8) is 0 Å². The molecule has 2 aromatic heterocycles. The maximum Gasteiger partial charge on any atom is 0 e. The van der Waals surface area contributed by atoms with Gasteiger partial charge in [0.15, 0.2) is 0 Å². The predicted molar refractivity (Wildman–Crippen MR) is 254 cm³/mol. The first kappa shape index (κ1) is 48.1. The van der Waals surface area contributed by atoms with Crippen LogP contribution < -0.4 is 53.1 Å². The molecule has 21 heteroatoms. The molecule has 0 bridgehead atoms. The number of nitrogens with one attached hydrogen (secondary N) is 6. The van der Waals surface area contributed by atoms with Crippen molar-refractivity contribution in [1.29, 1.82) is 0 Å². The second kappa shape index (κ2) is 23.0. The molecule has 323 valence electrons. The topological polar surface area (TPSA) is 168 Å². The van der Waals surface area contributed by atoms with Crippen LogP contribution in [0.2, 0.25) is 0 Å². The fourth-order valence-electron chi connectivity index (χ4n) is 5.96. The Morgan fingerprint density at radius 1 is 0.476 bits per heavy atom. The number of carbonyl (C=O) groups is 2. The molecule has 0 aliphatic carbocycles. The first-order valence-corrected chi connectivity index (χ1v) is 29.1. The van der Waals surface area contributed by atoms with E-state index in [9.17, 15) is 9.59 Å². The minimum absolute atomic E-state index is 0. The molecule has 14 nitrogen and oxygen atoms in total. The van der Waals surface area contributed by atoms with Crippen LogP contribution in [-0.4, -0.2) is 84.1 Å². The molecule has 0 atom stereocenters. The van der Waals surface area contributed by atoms with Crippen LogP contribution >= 0.6 is 9.28 Å². The molecule has 1 radical (unpaired) electrons. The summed E-state index contributed by atoms with van der Waals surface area (Å²) in [6.07, 6.45) is 3.08. The van der Waals surface area contributed by atoms with Gasteiger partial charge < -0.3 is 0 Å². The van der Waals surface area contributed by atoms with Gasteiger partial charge in [-0.2, -0.15) is 0 Å². The zero-order valence-electron chi connectivity index (χ0n) is 32.6. The van der Waals surface area contributed by atoms with Gasteiger partial charge in [0.05, 0.1) is 0 Å². The molecule has 63 heavy (non-hydrogen) atoms. The van der Waals surface area contributed by atoms with Gasteiger partial charge in [0.25, 0.3) is 0 Å². The van der Waals surface area contributed by atoms with E-state index in [4.69, 9.17) is 25.3 Å². The Balaban J connectivity index is 0.000000206. The second-order valence-corrected chi connectivity index (χ2v) is 28.1. The van der Waals surface area contributed by atoms with Gasteiger partial charge in [0, 0.05) is 22.4 Å². The molecule has 0 spiro atoms. The number of hydrogen-bond acceptors (Lipinski definition) is 10. The third-order valence-electron chi connectivity index (χ3n) is 8.93. The van der Waals surface area contributed by atoms with Crippen molar-refractivity contribution in [3.8, 4) is 11.4 Å². The van der Waals surface area contributed by atoms with Crippen molar-refractivity contribution < 1.29 is 32.0 Å². The molecule has 0 aliphatic rings. The second-order valence-electron chi connectivity index (χ2n) is 13.0. The summed E-state index contributed by atoms with van der Waals surface area (Å²) < 4.78 is -0.727. The molecule has 6 aromatic carbocycles. The Hall–Kier alpha value is -4.32. The first-order chi connectivity index (χ1) is 30.1. The van der Waals surface area contributed by atoms with E-state index in [1.807, 2.05) is 152 Å². The molecular weight excluding hydrogens is 1280 g/mol. The summed E-state index contributed by atoms with van der Waals surface area (Å²) in [7, 11) is 0. The Morgan fingerprint density at radius 2 is 0.794 bits per heavy atom. The normalized spacial score (nSPS) is 10.9. The molecular formula is C42H36AuN12O2P2S2Te2-2. The summed E-state index contributed by atoms with van der Waals surface area (Å²) in [6, 6.07) is 54.5. The Morgan fingerprint density at radius 3 is 1.08 bits per heavy atom. The van der Waals surface area contributed by atoms with Crippen LogP contribution in [0.3, 0.4) is 0 Å². The zero-order chi connectivity index (χ0) is 43.4.